The molecule has 0 spiro atoms. The lowest BCUT2D eigenvalue weighted by molar-refractivity contribution is -0.138. The van der Waals surface area contributed by atoms with E-state index in [4.69, 9.17) is 21.7 Å². The Bertz CT molecular complexity index is 439. The summed E-state index contributed by atoms with van der Waals surface area (Å²) < 4.78 is 0. The number of unbranched alkanes of at least 4 members (excludes halogenated alkanes) is 11. The zero-order valence-electron chi connectivity index (χ0n) is 21.7. The molecular formula is C26H54N2O4S2. The molecule has 6 nitrogen and oxygen atoms in total. The second-order valence-corrected chi connectivity index (χ2v) is 10.4. The van der Waals surface area contributed by atoms with E-state index in [0.717, 1.165) is 55.4 Å². The van der Waals surface area contributed by atoms with Crippen molar-refractivity contribution in [3.8, 4) is 0 Å². The first-order chi connectivity index (χ1) is 16.3. The maximum Gasteiger partial charge on any atom is 0.303 e. The average Bonchev–Trinajstić information content (AvgIpc) is 2.81. The zero-order valence-corrected chi connectivity index (χ0v) is 23.4. The van der Waals surface area contributed by atoms with Gasteiger partial charge in [-0.1, -0.05) is 70.8 Å². The smallest absolute Gasteiger partial charge is 0.303 e. The van der Waals surface area contributed by atoms with Gasteiger partial charge in [0.2, 0.25) is 0 Å². The zero-order chi connectivity index (χ0) is 26.3. The standard InChI is InChI=1S/C13H27NO2S.C11H20O2.C2H7NS/c1-12(17-11-10-14)8-6-4-2-3-5-7-9-13(15)16;1-2-3-4-5-6-7-8-9-10-11(12)13;3-1-2-4/h12H,2-11,14H2,1H3,(H,15,16);2H,1,3-10H2,(H,12,13);4H,1-3H2. The monoisotopic (exact) mass is 522 g/mol. The first-order valence-corrected chi connectivity index (χ1v) is 14.7. The number of rotatable bonds is 22. The van der Waals surface area contributed by atoms with Gasteiger partial charge in [0.1, 0.15) is 0 Å². The summed E-state index contributed by atoms with van der Waals surface area (Å²) in [6.45, 7) is 7.39. The second kappa shape index (κ2) is 34.5. The van der Waals surface area contributed by atoms with E-state index in [1.807, 2.05) is 17.8 Å². The summed E-state index contributed by atoms with van der Waals surface area (Å²) >= 11 is 5.76. The predicted octanol–water partition coefficient (Wildman–Crippen LogP) is 6.52. The first-order valence-electron chi connectivity index (χ1n) is 13.0. The molecule has 0 heterocycles. The van der Waals surface area contributed by atoms with Gasteiger partial charge in [-0.3, -0.25) is 9.59 Å². The molecule has 0 aliphatic heterocycles. The largest absolute Gasteiger partial charge is 0.481 e. The van der Waals surface area contributed by atoms with Crippen molar-refractivity contribution in [3.05, 3.63) is 12.7 Å². The predicted molar refractivity (Wildman–Crippen MR) is 153 cm³/mol. The fraction of sp³-hybridized carbons (Fsp3) is 0.846. The lowest BCUT2D eigenvalue weighted by atomic mass is 10.1. The van der Waals surface area contributed by atoms with E-state index in [1.54, 1.807) is 0 Å². The molecule has 0 saturated carbocycles. The van der Waals surface area contributed by atoms with E-state index in [-0.39, 0.29) is 0 Å². The van der Waals surface area contributed by atoms with Gasteiger partial charge in [0, 0.05) is 42.7 Å². The molecule has 1 atom stereocenters. The Kier molecular flexibility index (Phi) is 38.4. The molecule has 0 aromatic rings. The molecule has 0 fully saturated rings. The highest BCUT2D eigenvalue weighted by Gasteiger charge is 2.01. The van der Waals surface area contributed by atoms with Crippen LogP contribution in [0.3, 0.4) is 0 Å². The number of carbonyl (C=O) groups is 2. The van der Waals surface area contributed by atoms with Crippen LogP contribution in [0.1, 0.15) is 110 Å². The molecule has 0 bridgehead atoms. The third-order valence-electron chi connectivity index (χ3n) is 4.95. The Balaban J connectivity index is -0.000000500. The van der Waals surface area contributed by atoms with Crippen LogP contribution in [0.2, 0.25) is 0 Å². The van der Waals surface area contributed by atoms with Gasteiger partial charge in [0.05, 0.1) is 0 Å². The van der Waals surface area contributed by atoms with Gasteiger partial charge in [0.25, 0.3) is 0 Å². The number of carboxylic acids is 2. The van der Waals surface area contributed by atoms with E-state index < -0.39 is 11.9 Å². The highest BCUT2D eigenvalue weighted by atomic mass is 32.2. The molecule has 0 aromatic heterocycles. The second-order valence-electron chi connectivity index (χ2n) is 8.38. The van der Waals surface area contributed by atoms with E-state index in [9.17, 15) is 9.59 Å². The van der Waals surface area contributed by atoms with Gasteiger partial charge in [-0.05, 0) is 32.1 Å². The van der Waals surface area contributed by atoms with Crippen LogP contribution in [0.4, 0.5) is 0 Å². The number of thiol groups is 1. The van der Waals surface area contributed by atoms with Crippen molar-refractivity contribution in [1.29, 1.82) is 0 Å². The molecule has 0 rings (SSSR count). The molecular weight excluding hydrogens is 468 g/mol. The van der Waals surface area contributed by atoms with Crippen LogP contribution in [0.25, 0.3) is 0 Å². The van der Waals surface area contributed by atoms with E-state index in [2.05, 4.69) is 26.1 Å². The molecule has 6 N–H and O–H groups in total. The molecule has 1 unspecified atom stereocenters. The fourth-order valence-electron chi connectivity index (χ4n) is 3.04. The van der Waals surface area contributed by atoms with Gasteiger partial charge in [-0.2, -0.15) is 24.4 Å². The Morgan fingerprint density at radius 1 is 0.824 bits per heavy atom. The number of aliphatic carboxylic acids is 2. The van der Waals surface area contributed by atoms with Gasteiger partial charge >= 0.3 is 11.9 Å². The molecule has 0 aromatic carbocycles. The molecule has 204 valence electrons. The maximum absolute atomic E-state index is 10.3. The molecule has 0 aliphatic carbocycles. The summed E-state index contributed by atoms with van der Waals surface area (Å²) in [5.74, 6) is 0.513. The number of carboxylic acid groups (broad SMARTS) is 2. The highest BCUT2D eigenvalue weighted by Crippen LogP contribution is 2.17. The molecule has 34 heavy (non-hydrogen) atoms. The topological polar surface area (TPSA) is 127 Å². The van der Waals surface area contributed by atoms with Crippen LogP contribution in [-0.2, 0) is 9.59 Å². The van der Waals surface area contributed by atoms with Crippen molar-refractivity contribution in [2.45, 2.75) is 115 Å². The minimum Gasteiger partial charge on any atom is -0.481 e. The summed E-state index contributed by atoms with van der Waals surface area (Å²) in [5, 5.41) is 17.6. The average molecular weight is 523 g/mol. The lowest BCUT2D eigenvalue weighted by Gasteiger charge is -2.09. The van der Waals surface area contributed by atoms with Crippen LogP contribution >= 0.6 is 24.4 Å². The summed E-state index contributed by atoms with van der Waals surface area (Å²) in [6, 6.07) is 0. The summed E-state index contributed by atoms with van der Waals surface area (Å²) in [7, 11) is 0. The number of hydrogen-bond donors (Lipinski definition) is 5. The van der Waals surface area contributed by atoms with Crippen molar-refractivity contribution < 1.29 is 19.8 Å². The van der Waals surface area contributed by atoms with Crippen LogP contribution in [0, 0.1) is 0 Å². The number of nitrogens with two attached hydrogens (primary N) is 2. The number of hydrogen-bond acceptors (Lipinski definition) is 6. The number of thioether (sulfide) groups is 1. The Hall–Kier alpha value is -0.700. The molecule has 0 saturated heterocycles. The van der Waals surface area contributed by atoms with Crippen LogP contribution < -0.4 is 11.5 Å². The van der Waals surface area contributed by atoms with Crippen LogP contribution in [-0.4, -0.2) is 52.0 Å². The fourth-order valence-corrected chi connectivity index (χ4v) is 3.91. The van der Waals surface area contributed by atoms with Gasteiger partial charge in [0.15, 0.2) is 0 Å². The third-order valence-corrected chi connectivity index (χ3v) is 6.48. The summed E-state index contributed by atoms with van der Waals surface area (Å²) in [5.41, 5.74) is 10.4. The van der Waals surface area contributed by atoms with Crippen molar-refractivity contribution in [3.63, 3.8) is 0 Å². The molecule has 0 aliphatic rings. The quantitative estimate of drug-likeness (QED) is 0.0622. The molecule has 0 amide bonds. The van der Waals surface area contributed by atoms with Crippen molar-refractivity contribution in [1.82, 2.24) is 0 Å². The number of allylic oxidation sites excluding steroid dienone is 1. The maximum atomic E-state index is 10.3. The minimum absolute atomic E-state index is 0.326. The van der Waals surface area contributed by atoms with Gasteiger partial charge in [-0.15, -0.1) is 6.58 Å². The lowest BCUT2D eigenvalue weighted by Crippen LogP contribution is -2.05. The first kappa shape index (κ1) is 37.8. The van der Waals surface area contributed by atoms with E-state index >= 15 is 0 Å². The third kappa shape index (κ3) is 44.9. The molecule has 8 heteroatoms. The molecule has 0 radical (unpaired) electrons. The minimum atomic E-state index is -0.674. The van der Waals surface area contributed by atoms with Gasteiger partial charge < -0.3 is 21.7 Å². The normalized spacial score (nSPS) is 10.9. The van der Waals surface area contributed by atoms with Crippen LogP contribution in [0.5, 0.6) is 0 Å². The van der Waals surface area contributed by atoms with Crippen molar-refractivity contribution in [2.24, 2.45) is 11.5 Å². The highest BCUT2D eigenvalue weighted by molar-refractivity contribution is 7.99. The Labute approximate surface area is 219 Å². The van der Waals surface area contributed by atoms with Crippen molar-refractivity contribution >= 4 is 36.3 Å². The summed E-state index contributed by atoms with van der Waals surface area (Å²) in [4.78, 5) is 20.4. The summed E-state index contributed by atoms with van der Waals surface area (Å²) in [6.07, 6.45) is 18.6. The van der Waals surface area contributed by atoms with Crippen LogP contribution in [0.15, 0.2) is 12.7 Å². The van der Waals surface area contributed by atoms with E-state index in [0.29, 0.717) is 19.4 Å². The van der Waals surface area contributed by atoms with E-state index in [1.165, 1.54) is 57.8 Å². The van der Waals surface area contributed by atoms with Gasteiger partial charge in [-0.25, -0.2) is 0 Å². The van der Waals surface area contributed by atoms with Crippen molar-refractivity contribution in [2.75, 3.05) is 24.6 Å². The Morgan fingerprint density at radius 3 is 1.62 bits per heavy atom. The Morgan fingerprint density at radius 2 is 1.24 bits per heavy atom. The SMILES string of the molecule is C=CCCCCCCCCC(=O)O.CC(CCCCCCCCC(=O)O)SCCN.NCCS.